The molecular weight excluding hydrogens is 222 g/mol. The van der Waals surface area contributed by atoms with Gasteiger partial charge in [0, 0.05) is 12.1 Å². The molecule has 1 N–H and O–H groups in total. The fraction of sp³-hybridized carbons (Fsp3) is 0.625. The summed E-state index contributed by atoms with van der Waals surface area (Å²) in [4.78, 5) is 0. The minimum atomic E-state index is 0.231. The second kappa shape index (κ2) is 5.02. The van der Waals surface area contributed by atoms with Gasteiger partial charge in [-0.2, -0.15) is 0 Å². The van der Waals surface area contributed by atoms with Crippen LogP contribution in [-0.4, -0.2) is 18.7 Å². The summed E-state index contributed by atoms with van der Waals surface area (Å²) in [5.74, 6) is 0.836. The number of hydrogen-bond acceptors (Lipinski definition) is 2. The van der Waals surface area contributed by atoms with Crippen molar-refractivity contribution in [3.63, 3.8) is 0 Å². The van der Waals surface area contributed by atoms with Crippen molar-refractivity contribution >= 4 is 0 Å². The monoisotopic (exact) mass is 245 g/mol. The Balaban J connectivity index is 1.64. The molecule has 98 valence electrons. The van der Waals surface area contributed by atoms with Gasteiger partial charge in [-0.05, 0) is 24.3 Å². The molecule has 1 aromatic carbocycles. The van der Waals surface area contributed by atoms with Crippen molar-refractivity contribution in [1.82, 2.24) is 5.32 Å². The van der Waals surface area contributed by atoms with Crippen LogP contribution in [0.3, 0.4) is 0 Å². The van der Waals surface area contributed by atoms with Crippen LogP contribution in [0.2, 0.25) is 0 Å². The minimum absolute atomic E-state index is 0.231. The molecule has 1 heterocycles. The Kier molecular flexibility index (Phi) is 3.40. The molecule has 18 heavy (non-hydrogen) atoms. The van der Waals surface area contributed by atoms with Crippen molar-refractivity contribution in [3.05, 3.63) is 35.9 Å². The van der Waals surface area contributed by atoms with Gasteiger partial charge in [0.25, 0.3) is 0 Å². The quantitative estimate of drug-likeness (QED) is 0.819. The standard InChI is InChI=1S/C16H23NO/c1-13-6-5-9-16(10-13)12-18-15(11-17-16)14-7-3-2-4-8-14/h2-4,7-8,13,15,17H,5-6,9-12H2,1H3. The zero-order chi connectivity index (χ0) is 12.4. The van der Waals surface area contributed by atoms with E-state index in [1.54, 1.807) is 0 Å². The van der Waals surface area contributed by atoms with Crippen LogP contribution in [-0.2, 0) is 4.74 Å². The first-order valence-electron chi connectivity index (χ1n) is 7.19. The summed E-state index contributed by atoms with van der Waals surface area (Å²) in [5, 5.41) is 3.79. The van der Waals surface area contributed by atoms with E-state index in [1.165, 1.54) is 31.2 Å². The summed E-state index contributed by atoms with van der Waals surface area (Å²) in [6.45, 7) is 4.19. The Morgan fingerprint density at radius 2 is 2.11 bits per heavy atom. The number of nitrogens with one attached hydrogen (secondary N) is 1. The molecule has 2 fully saturated rings. The molecule has 3 rings (SSSR count). The van der Waals surface area contributed by atoms with Gasteiger partial charge in [0.05, 0.1) is 12.7 Å². The first-order chi connectivity index (χ1) is 8.77. The molecule has 1 saturated heterocycles. The lowest BCUT2D eigenvalue weighted by Crippen LogP contribution is -2.56. The SMILES string of the molecule is CC1CCCC2(COC(c3ccccc3)CN2)C1. The average molecular weight is 245 g/mol. The molecule has 1 spiro atoms. The van der Waals surface area contributed by atoms with Gasteiger partial charge in [0.1, 0.15) is 0 Å². The van der Waals surface area contributed by atoms with E-state index in [4.69, 9.17) is 4.74 Å². The first-order valence-corrected chi connectivity index (χ1v) is 7.19. The lowest BCUT2D eigenvalue weighted by atomic mass is 9.76. The van der Waals surface area contributed by atoms with Gasteiger partial charge in [-0.3, -0.25) is 0 Å². The first kappa shape index (κ1) is 12.2. The van der Waals surface area contributed by atoms with Crippen molar-refractivity contribution in [2.75, 3.05) is 13.2 Å². The predicted molar refractivity (Wildman–Crippen MR) is 73.5 cm³/mol. The third kappa shape index (κ3) is 2.45. The van der Waals surface area contributed by atoms with E-state index in [9.17, 15) is 0 Å². The zero-order valence-electron chi connectivity index (χ0n) is 11.2. The van der Waals surface area contributed by atoms with Crippen LogP contribution in [0.4, 0.5) is 0 Å². The fourth-order valence-corrected chi connectivity index (χ4v) is 3.51. The van der Waals surface area contributed by atoms with Crippen LogP contribution in [0.5, 0.6) is 0 Å². The molecule has 0 amide bonds. The third-order valence-electron chi connectivity index (χ3n) is 4.49. The van der Waals surface area contributed by atoms with E-state index >= 15 is 0 Å². The maximum atomic E-state index is 6.14. The highest BCUT2D eigenvalue weighted by molar-refractivity contribution is 5.19. The maximum absolute atomic E-state index is 6.14. The highest BCUT2D eigenvalue weighted by atomic mass is 16.5. The predicted octanol–water partition coefficient (Wildman–Crippen LogP) is 3.30. The smallest absolute Gasteiger partial charge is 0.0950 e. The fourth-order valence-electron chi connectivity index (χ4n) is 3.51. The summed E-state index contributed by atoms with van der Waals surface area (Å²) in [7, 11) is 0. The summed E-state index contributed by atoms with van der Waals surface area (Å²) >= 11 is 0. The highest BCUT2D eigenvalue weighted by Crippen LogP contribution is 2.36. The molecule has 1 aromatic rings. The van der Waals surface area contributed by atoms with E-state index in [0.717, 1.165) is 19.1 Å². The molecule has 3 atom stereocenters. The Labute approximate surface area is 110 Å². The molecule has 1 saturated carbocycles. The number of hydrogen-bond donors (Lipinski definition) is 1. The van der Waals surface area contributed by atoms with Crippen LogP contribution < -0.4 is 5.32 Å². The van der Waals surface area contributed by atoms with E-state index in [0.29, 0.717) is 0 Å². The van der Waals surface area contributed by atoms with E-state index in [-0.39, 0.29) is 11.6 Å². The Bertz CT molecular complexity index is 381. The molecule has 1 aliphatic carbocycles. The van der Waals surface area contributed by atoms with Crippen molar-refractivity contribution in [2.45, 2.75) is 44.2 Å². The lowest BCUT2D eigenvalue weighted by Gasteiger charge is -2.45. The van der Waals surface area contributed by atoms with E-state index < -0.39 is 0 Å². The molecule has 0 bridgehead atoms. The number of ether oxygens (including phenoxy) is 1. The van der Waals surface area contributed by atoms with Crippen LogP contribution in [0.25, 0.3) is 0 Å². The number of rotatable bonds is 1. The summed E-state index contributed by atoms with van der Waals surface area (Å²) in [6.07, 6.45) is 5.50. The van der Waals surface area contributed by atoms with Crippen LogP contribution in [0, 0.1) is 5.92 Å². The molecule has 2 heteroatoms. The normalized spacial score (nSPS) is 36.7. The van der Waals surface area contributed by atoms with Crippen molar-refractivity contribution in [2.24, 2.45) is 5.92 Å². The summed E-state index contributed by atoms with van der Waals surface area (Å²) < 4.78 is 6.14. The van der Waals surface area contributed by atoms with Gasteiger partial charge >= 0.3 is 0 Å². The van der Waals surface area contributed by atoms with Gasteiger partial charge in [0.15, 0.2) is 0 Å². The van der Waals surface area contributed by atoms with Gasteiger partial charge in [-0.25, -0.2) is 0 Å². The molecule has 0 radical (unpaired) electrons. The summed E-state index contributed by atoms with van der Waals surface area (Å²) in [6, 6.07) is 10.6. The molecule has 2 nitrogen and oxygen atoms in total. The van der Waals surface area contributed by atoms with Gasteiger partial charge in [0.2, 0.25) is 0 Å². The maximum Gasteiger partial charge on any atom is 0.0950 e. The number of morpholine rings is 1. The zero-order valence-corrected chi connectivity index (χ0v) is 11.2. The third-order valence-corrected chi connectivity index (χ3v) is 4.49. The van der Waals surface area contributed by atoms with Gasteiger partial charge in [-0.1, -0.05) is 50.1 Å². The van der Waals surface area contributed by atoms with Crippen LogP contribution in [0.1, 0.15) is 44.3 Å². The lowest BCUT2D eigenvalue weighted by molar-refractivity contribution is -0.0527. The Morgan fingerprint density at radius 1 is 1.28 bits per heavy atom. The van der Waals surface area contributed by atoms with Crippen molar-refractivity contribution in [1.29, 1.82) is 0 Å². The largest absolute Gasteiger partial charge is 0.370 e. The molecular formula is C16H23NO. The second-order valence-corrected chi connectivity index (χ2v) is 6.07. The van der Waals surface area contributed by atoms with Crippen molar-refractivity contribution < 1.29 is 4.74 Å². The van der Waals surface area contributed by atoms with Gasteiger partial charge in [-0.15, -0.1) is 0 Å². The second-order valence-electron chi connectivity index (χ2n) is 6.07. The van der Waals surface area contributed by atoms with Gasteiger partial charge < -0.3 is 10.1 Å². The Hall–Kier alpha value is -0.860. The van der Waals surface area contributed by atoms with E-state index in [1.807, 2.05) is 0 Å². The molecule has 2 aliphatic rings. The molecule has 1 aliphatic heterocycles. The topological polar surface area (TPSA) is 21.3 Å². The summed E-state index contributed by atoms with van der Waals surface area (Å²) in [5.41, 5.74) is 1.56. The van der Waals surface area contributed by atoms with Crippen LogP contribution in [0.15, 0.2) is 30.3 Å². The number of benzene rings is 1. The van der Waals surface area contributed by atoms with E-state index in [2.05, 4.69) is 42.6 Å². The minimum Gasteiger partial charge on any atom is -0.370 e. The Morgan fingerprint density at radius 3 is 2.78 bits per heavy atom. The highest BCUT2D eigenvalue weighted by Gasteiger charge is 2.38. The molecule has 3 unspecified atom stereocenters. The average Bonchev–Trinajstić information content (AvgIpc) is 2.40. The van der Waals surface area contributed by atoms with Crippen molar-refractivity contribution in [3.8, 4) is 0 Å². The van der Waals surface area contributed by atoms with Crippen LogP contribution >= 0.6 is 0 Å². The molecule has 0 aromatic heterocycles.